The Bertz CT molecular complexity index is 1080. The van der Waals surface area contributed by atoms with Gasteiger partial charge >= 0.3 is 0 Å². The lowest BCUT2D eigenvalue weighted by molar-refractivity contribution is 0.0718. The molecule has 3 aromatic rings. The second-order valence-electron chi connectivity index (χ2n) is 7.60. The fraction of sp³-hybridized carbons (Fsp3) is 0.292. The van der Waals surface area contributed by atoms with Crippen LogP contribution >= 0.6 is 11.3 Å². The summed E-state index contributed by atoms with van der Waals surface area (Å²) in [5.41, 5.74) is 1.97. The molecule has 1 saturated heterocycles. The standard InChI is InChI=1S/C24H24FN3O2S/c1-17-22(31-21(26-17)16-18-8-3-2-4-9-18)24(30)28-13-7-12-27(14-15-28)23(29)19-10-5-6-11-20(19)25/h2-6,8-11H,7,12-16H2,1H3. The molecule has 4 rings (SSSR count). The Morgan fingerprint density at radius 3 is 2.29 bits per heavy atom. The van der Waals surface area contributed by atoms with Crippen LogP contribution in [0.2, 0.25) is 0 Å². The number of rotatable bonds is 4. The van der Waals surface area contributed by atoms with Crippen LogP contribution in [0.4, 0.5) is 4.39 Å². The van der Waals surface area contributed by atoms with Crippen LogP contribution < -0.4 is 0 Å². The van der Waals surface area contributed by atoms with Crippen LogP contribution in [0.3, 0.4) is 0 Å². The van der Waals surface area contributed by atoms with Crippen molar-refractivity contribution in [3.8, 4) is 0 Å². The van der Waals surface area contributed by atoms with Crippen molar-refractivity contribution in [3.63, 3.8) is 0 Å². The maximum absolute atomic E-state index is 14.0. The van der Waals surface area contributed by atoms with Crippen LogP contribution in [-0.2, 0) is 6.42 Å². The molecule has 0 spiro atoms. The number of thiazole rings is 1. The number of carbonyl (C=O) groups excluding carboxylic acids is 2. The van der Waals surface area contributed by atoms with Crippen LogP contribution in [-0.4, -0.2) is 52.8 Å². The average Bonchev–Trinajstić information content (AvgIpc) is 2.98. The van der Waals surface area contributed by atoms with E-state index in [0.717, 1.165) is 16.3 Å². The predicted octanol–water partition coefficient (Wildman–Crippen LogP) is 4.17. The second kappa shape index (κ2) is 9.39. The monoisotopic (exact) mass is 437 g/mol. The highest BCUT2D eigenvalue weighted by molar-refractivity contribution is 7.13. The molecular weight excluding hydrogens is 413 g/mol. The third-order valence-electron chi connectivity index (χ3n) is 5.41. The molecule has 0 atom stereocenters. The van der Waals surface area contributed by atoms with Gasteiger partial charge in [0.15, 0.2) is 0 Å². The normalized spacial score (nSPS) is 14.4. The van der Waals surface area contributed by atoms with Crippen LogP contribution in [0.1, 0.15) is 42.7 Å². The Morgan fingerprint density at radius 2 is 1.58 bits per heavy atom. The van der Waals surface area contributed by atoms with Crippen LogP contribution in [0.25, 0.3) is 0 Å². The van der Waals surface area contributed by atoms with Crippen molar-refractivity contribution in [2.45, 2.75) is 19.8 Å². The van der Waals surface area contributed by atoms with Crippen molar-refractivity contribution in [2.24, 2.45) is 0 Å². The maximum atomic E-state index is 14.0. The van der Waals surface area contributed by atoms with Crippen LogP contribution in [0.5, 0.6) is 0 Å². The van der Waals surface area contributed by atoms with Gasteiger partial charge < -0.3 is 9.80 Å². The molecule has 1 aromatic heterocycles. The summed E-state index contributed by atoms with van der Waals surface area (Å²) in [5.74, 6) is -0.892. The van der Waals surface area contributed by atoms with E-state index in [1.807, 2.05) is 37.3 Å². The molecule has 0 saturated carbocycles. The van der Waals surface area contributed by atoms with Crippen molar-refractivity contribution >= 4 is 23.2 Å². The summed E-state index contributed by atoms with van der Waals surface area (Å²) in [6, 6.07) is 16.1. The Kier molecular flexibility index (Phi) is 6.42. The average molecular weight is 438 g/mol. The molecule has 1 aliphatic heterocycles. The number of hydrogen-bond donors (Lipinski definition) is 0. The van der Waals surface area contributed by atoms with Crippen LogP contribution in [0.15, 0.2) is 54.6 Å². The minimum Gasteiger partial charge on any atom is -0.337 e. The van der Waals surface area contributed by atoms with E-state index in [9.17, 15) is 14.0 Å². The summed E-state index contributed by atoms with van der Waals surface area (Å²) in [5, 5.41) is 0.915. The third kappa shape index (κ3) is 4.82. The topological polar surface area (TPSA) is 53.5 Å². The number of nitrogens with zero attached hydrogens (tertiary/aromatic N) is 3. The molecule has 7 heteroatoms. The zero-order valence-corrected chi connectivity index (χ0v) is 18.2. The minimum atomic E-state index is -0.518. The highest BCUT2D eigenvalue weighted by Crippen LogP contribution is 2.23. The fourth-order valence-corrected chi connectivity index (χ4v) is 4.84. The number of aromatic nitrogens is 1. The highest BCUT2D eigenvalue weighted by Gasteiger charge is 2.27. The number of benzene rings is 2. The molecule has 31 heavy (non-hydrogen) atoms. The minimum absolute atomic E-state index is 0.0468. The number of carbonyl (C=O) groups is 2. The number of aryl methyl sites for hydroxylation is 1. The molecular formula is C24H24FN3O2S. The van der Waals surface area contributed by atoms with Crippen molar-refractivity contribution in [3.05, 3.63) is 87.1 Å². The summed E-state index contributed by atoms with van der Waals surface area (Å²) < 4.78 is 14.0. The van der Waals surface area contributed by atoms with Gasteiger partial charge in [0.05, 0.1) is 16.3 Å². The maximum Gasteiger partial charge on any atom is 0.265 e. The molecule has 0 aliphatic carbocycles. The van der Waals surface area contributed by atoms with E-state index in [0.29, 0.717) is 43.9 Å². The van der Waals surface area contributed by atoms with E-state index in [1.165, 1.54) is 23.5 Å². The molecule has 0 unspecified atom stereocenters. The van der Waals surface area contributed by atoms with E-state index in [4.69, 9.17) is 0 Å². The quantitative estimate of drug-likeness (QED) is 0.616. The van der Waals surface area contributed by atoms with Crippen molar-refractivity contribution in [1.82, 2.24) is 14.8 Å². The SMILES string of the molecule is Cc1nc(Cc2ccccc2)sc1C(=O)N1CCCN(C(=O)c2ccccc2F)CC1. The highest BCUT2D eigenvalue weighted by atomic mass is 32.1. The summed E-state index contributed by atoms with van der Waals surface area (Å²) in [6.45, 7) is 3.73. The second-order valence-corrected chi connectivity index (χ2v) is 8.69. The van der Waals surface area contributed by atoms with Gasteiger partial charge in [0.25, 0.3) is 11.8 Å². The van der Waals surface area contributed by atoms with Crippen LogP contribution in [0, 0.1) is 12.7 Å². The lowest BCUT2D eigenvalue weighted by Gasteiger charge is -2.22. The Hall–Kier alpha value is -3.06. The molecule has 1 fully saturated rings. The first-order chi connectivity index (χ1) is 15.0. The first-order valence-electron chi connectivity index (χ1n) is 10.4. The van der Waals surface area contributed by atoms with E-state index < -0.39 is 5.82 Å². The van der Waals surface area contributed by atoms with Gasteiger partial charge in [-0.2, -0.15) is 0 Å². The van der Waals surface area contributed by atoms with Crippen molar-refractivity contribution < 1.29 is 14.0 Å². The summed E-state index contributed by atoms with van der Waals surface area (Å²) in [6.07, 6.45) is 1.35. The summed E-state index contributed by atoms with van der Waals surface area (Å²) in [7, 11) is 0. The van der Waals surface area contributed by atoms with Gasteiger partial charge in [-0.15, -0.1) is 11.3 Å². The smallest absolute Gasteiger partial charge is 0.265 e. The molecule has 0 bridgehead atoms. The molecule has 2 amide bonds. The Balaban J connectivity index is 1.43. The number of halogens is 1. The van der Waals surface area contributed by atoms with Gasteiger partial charge in [-0.3, -0.25) is 9.59 Å². The molecule has 2 aromatic carbocycles. The van der Waals surface area contributed by atoms with Gasteiger partial charge in [0.1, 0.15) is 10.7 Å². The van der Waals surface area contributed by atoms with Gasteiger partial charge in [0, 0.05) is 32.6 Å². The Labute approximate surface area is 185 Å². The molecule has 0 N–H and O–H groups in total. The largest absolute Gasteiger partial charge is 0.337 e. The van der Waals surface area contributed by atoms with E-state index in [2.05, 4.69) is 4.98 Å². The molecule has 5 nitrogen and oxygen atoms in total. The van der Waals surface area contributed by atoms with Gasteiger partial charge in [-0.05, 0) is 31.0 Å². The van der Waals surface area contributed by atoms with E-state index in [-0.39, 0.29) is 17.4 Å². The van der Waals surface area contributed by atoms with Gasteiger partial charge in [-0.1, -0.05) is 42.5 Å². The lowest BCUT2D eigenvalue weighted by atomic mass is 10.2. The first kappa shape index (κ1) is 21.2. The third-order valence-corrected chi connectivity index (χ3v) is 6.55. The molecule has 1 aliphatic rings. The molecule has 2 heterocycles. The zero-order valence-electron chi connectivity index (χ0n) is 17.4. The van der Waals surface area contributed by atoms with Gasteiger partial charge in [0.2, 0.25) is 0 Å². The summed E-state index contributed by atoms with van der Waals surface area (Å²) >= 11 is 1.44. The van der Waals surface area contributed by atoms with E-state index >= 15 is 0 Å². The fourth-order valence-electron chi connectivity index (χ4n) is 3.77. The first-order valence-corrected chi connectivity index (χ1v) is 11.2. The van der Waals surface area contributed by atoms with Gasteiger partial charge in [-0.25, -0.2) is 9.37 Å². The zero-order chi connectivity index (χ0) is 21.8. The van der Waals surface area contributed by atoms with Crippen molar-refractivity contribution in [2.75, 3.05) is 26.2 Å². The Morgan fingerprint density at radius 1 is 0.935 bits per heavy atom. The number of hydrogen-bond acceptors (Lipinski definition) is 4. The number of amides is 2. The summed E-state index contributed by atoms with van der Waals surface area (Å²) in [4.78, 5) is 34.6. The molecule has 160 valence electrons. The predicted molar refractivity (Wildman–Crippen MR) is 119 cm³/mol. The lowest BCUT2D eigenvalue weighted by Crippen LogP contribution is -2.37. The van der Waals surface area contributed by atoms with Crippen molar-refractivity contribution in [1.29, 1.82) is 0 Å². The molecule has 0 radical (unpaired) electrons. The van der Waals surface area contributed by atoms with E-state index in [1.54, 1.807) is 21.9 Å².